The number of nitrogens with zero attached hydrogens (tertiary/aromatic N) is 1. The molecule has 0 aliphatic heterocycles. The molecule has 0 saturated heterocycles. The lowest BCUT2D eigenvalue weighted by atomic mass is 10.1. The molecular weight excluding hydrogens is 267 g/mol. The van der Waals surface area contributed by atoms with E-state index in [1.807, 2.05) is 32.0 Å². The highest BCUT2D eigenvalue weighted by Crippen LogP contribution is 2.32. The number of nitrogen functional groups attached to an aromatic ring is 1. The maximum atomic E-state index is 12.7. The third kappa shape index (κ3) is 3.01. The molecule has 20 heavy (non-hydrogen) atoms. The van der Waals surface area contributed by atoms with Crippen molar-refractivity contribution < 1.29 is 13.2 Å². The Morgan fingerprint density at radius 3 is 2.45 bits per heavy atom. The van der Waals surface area contributed by atoms with Crippen LogP contribution >= 0.6 is 0 Å². The Hall–Kier alpha value is -2.24. The highest BCUT2D eigenvalue weighted by atomic mass is 19.4. The van der Waals surface area contributed by atoms with Crippen molar-refractivity contribution in [2.75, 3.05) is 11.1 Å². The van der Waals surface area contributed by atoms with E-state index < -0.39 is 11.9 Å². The molecule has 0 unspecified atom stereocenters. The molecule has 1 heterocycles. The van der Waals surface area contributed by atoms with Gasteiger partial charge in [0.1, 0.15) is 5.69 Å². The van der Waals surface area contributed by atoms with Gasteiger partial charge < -0.3 is 11.1 Å². The number of pyridine rings is 1. The van der Waals surface area contributed by atoms with Crippen molar-refractivity contribution in [3.05, 3.63) is 47.3 Å². The molecular formula is C14H14F3N3. The lowest BCUT2D eigenvalue weighted by Crippen LogP contribution is -2.09. The van der Waals surface area contributed by atoms with E-state index in [0.29, 0.717) is 0 Å². The number of halogens is 3. The normalized spacial score (nSPS) is 11.4. The van der Waals surface area contributed by atoms with Crippen LogP contribution in [0.5, 0.6) is 0 Å². The maximum absolute atomic E-state index is 12.7. The summed E-state index contributed by atoms with van der Waals surface area (Å²) in [5.74, 6) is 0. The van der Waals surface area contributed by atoms with Gasteiger partial charge in [-0.05, 0) is 37.1 Å². The molecule has 6 heteroatoms. The third-order valence-electron chi connectivity index (χ3n) is 2.89. The minimum atomic E-state index is -4.49. The summed E-state index contributed by atoms with van der Waals surface area (Å²) in [4.78, 5) is 3.30. The van der Waals surface area contributed by atoms with Gasteiger partial charge in [-0.15, -0.1) is 0 Å². The molecule has 3 nitrogen and oxygen atoms in total. The van der Waals surface area contributed by atoms with Crippen LogP contribution in [-0.4, -0.2) is 4.98 Å². The second kappa shape index (κ2) is 5.03. The van der Waals surface area contributed by atoms with Gasteiger partial charge in [0.15, 0.2) is 0 Å². The lowest BCUT2D eigenvalue weighted by Gasteiger charge is -2.14. The minimum Gasteiger partial charge on any atom is -0.396 e. The first-order valence-electron chi connectivity index (χ1n) is 5.94. The van der Waals surface area contributed by atoms with Crippen LogP contribution in [0.4, 0.5) is 30.2 Å². The molecule has 0 aliphatic rings. The molecule has 0 spiro atoms. The number of hydrogen-bond donors (Lipinski definition) is 2. The number of nitrogens with two attached hydrogens (primary N) is 1. The SMILES string of the molecule is Cc1ccc(C)c(Nc2cc(C(F)(F)F)ncc2N)c1. The third-order valence-corrected chi connectivity index (χ3v) is 2.89. The summed E-state index contributed by atoms with van der Waals surface area (Å²) in [6.45, 7) is 3.77. The van der Waals surface area contributed by atoms with Gasteiger partial charge in [0.25, 0.3) is 0 Å². The van der Waals surface area contributed by atoms with E-state index in [1.165, 1.54) is 0 Å². The van der Waals surface area contributed by atoms with Gasteiger partial charge in [0.05, 0.1) is 17.6 Å². The Balaban J connectivity index is 2.40. The summed E-state index contributed by atoms with van der Waals surface area (Å²) in [5, 5.41) is 2.93. The average Bonchev–Trinajstić information content (AvgIpc) is 2.35. The number of hydrogen-bond acceptors (Lipinski definition) is 3. The molecule has 0 bridgehead atoms. The monoisotopic (exact) mass is 281 g/mol. The molecule has 0 saturated carbocycles. The minimum absolute atomic E-state index is 0.166. The van der Waals surface area contributed by atoms with Crippen LogP contribution in [-0.2, 0) is 6.18 Å². The van der Waals surface area contributed by atoms with Crippen LogP contribution in [0.15, 0.2) is 30.5 Å². The smallest absolute Gasteiger partial charge is 0.396 e. The predicted molar refractivity (Wildman–Crippen MR) is 72.9 cm³/mol. The summed E-state index contributed by atoms with van der Waals surface area (Å²) in [6.07, 6.45) is -3.48. The molecule has 0 fully saturated rings. The van der Waals surface area contributed by atoms with Crippen molar-refractivity contribution in [2.45, 2.75) is 20.0 Å². The van der Waals surface area contributed by atoms with Crippen LogP contribution < -0.4 is 11.1 Å². The fraction of sp³-hybridized carbons (Fsp3) is 0.214. The summed E-state index contributed by atoms with van der Waals surface area (Å²) >= 11 is 0. The lowest BCUT2D eigenvalue weighted by molar-refractivity contribution is -0.141. The average molecular weight is 281 g/mol. The van der Waals surface area contributed by atoms with Crippen molar-refractivity contribution in [2.24, 2.45) is 0 Å². The molecule has 0 aliphatic carbocycles. The number of aryl methyl sites for hydroxylation is 2. The molecule has 3 N–H and O–H groups in total. The van der Waals surface area contributed by atoms with Crippen molar-refractivity contribution in [1.29, 1.82) is 0 Å². The molecule has 2 rings (SSSR count). The van der Waals surface area contributed by atoms with E-state index in [4.69, 9.17) is 5.73 Å². The number of rotatable bonds is 2. The Bertz CT molecular complexity index is 636. The standard InChI is InChI=1S/C14H14F3N3/c1-8-3-4-9(2)11(5-8)20-12-6-13(14(15,16)17)19-7-10(12)18/h3-7H,18H2,1-2H3,(H,19,20). The summed E-state index contributed by atoms with van der Waals surface area (Å²) in [5.41, 5.74) is 7.70. The van der Waals surface area contributed by atoms with Gasteiger partial charge in [-0.25, -0.2) is 4.98 Å². The second-order valence-corrected chi connectivity index (χ2v) is 4.60. The van der Waals surface area contributed by atoms with Gasteiger partial charge in [0.2, 0.25) is 0 Å². The summed E-state index contributed by atoms with van der Waals surface area (Å²) in [6, 6.07) is 6.58. The Morgan fingerprint density at radius 2 is 1.80 bits per heavy atom. The zero-order valence-electron chi connectivity index (χ0n) is 11.0. The largest absolute Gasteiger partial charge is 0.433 e. The molecule has 0 atom stereocenters. The molecule has 0 amide bonds. The predicted octanol–water partition coefficient (Wildman–Crippen LogP) is 4.04. The first-order valence-corrected chi connectivity index (χ1v) is 5.94. The van der Waals surface area contributed by atoms with E-state index in [0.717, 1.165) is 29.1 Å². The van der Waals surface area contributed by atoms with E-state index in [1.54, 1.807) is 0 Å². The van der Waals surface area contributed by atoms with Crippen molar-refractivity contribution in [3.8, 4) is 0 Å². The molecule has 2 aromatic rings. The number of benzene rings is 1. The number of alkyl halides is 3. The number of aromatic nitrogens is 1. The summed E-state index contributed by atoms with van der Waals surface area (Å²) in [7, 11) is 0. The van der Waals surface area contributed by atoms with Crippen molar-refractivity contribution in [1.82, 2.24) is 4.98 Å². The van der Waals surface area contributed by atoms with Crippen LogP contribution in [0.2, 0.25) is 0 Å². The van der Waals surface area contributed by atoms with Gasteiger partial charge >= 0.3 is 6.18 Å². The molecule has 106 valence electrons. The van der Waals surface area contributed by atoms with Gasteiger partial charge in [-0.1, -0.05) is 12.1 Å². The zero-order valence-corrected chi connectivity index (χ0v) is 11.0. The van der Waals surface area contributed by atoms with Crippen LogP contribution in [0.25, 0.3) is 0 Å². The van der Waals surface area contributed by atoms with Crippen LogP contribution in [0, 0.1) is 13.8 Å². The van der Waals surface area contributed by atoms with Gasteiger partial charge in [-0.2, -0.15) is 13.2 Å². The van der Waals surface area contributed by atoms with E-state index in [-0.39, 0.29) is 11.4 Å². The molecule has 1 aromatic carbocycles. The van der Waals surface area contributed by atoms with Crippen LogP contribution in [0.3, 0.4) is 0 Å². The first-order chi connectivity index (χ1) is 9.27. The topological polar surface area (TPSA) is 50.9 Å². The number of nitrogens with one attached hydrogen (secondary N) is 1. The Morgan fingerprint density at radius 1 is 1.10 bits per heavy atom. The fourth-order valence-electron chi connectivity index (χ4n) is 1.74. The second-order valence-electron chi connectivity index (χ2n) is 4.60. The van der Waals surface area contributed by atoms with E-state index in [2.05, 4.69) is 10.3 Å². The quantitative estimate of drug-likeness (QED) is 0.873. The Kier molecular flexibility index (Phi) is 3.57. The van der Waals surface area contributed by atoms with E-state index in [9.17, 15) is 13.2 Å². The molecule has 0 radical (unpaired) electrons. The fourth-order valence-corrected chi connectivity index (χ4v) is 1.74. The first kappa shape index (κ1) is 14.2. The van der Waals surface area contributed by atoms with Gasteiger partial charge in [0, 0.05) is 5.69 Å². The van der Waals surface area contributed by atoms with E-state index >= 15 is 0 Å². The van der Waals surface area contributed by atoms with Gasteiger partial charge in [-0.3, -0.25) is 0 Å². The highest BCUT2D eigenvalue weighted by Gasteiger charge is 2.33. The molecule has 1 aromatic heterocycles. The summed E-state index contributed by atoms with van der Waals surface area (Å²) < 4.78 is 38.0. The maximum Gasteiger partial charge on any atom is 0.433 e. The van der Waals surface area contributed by atoms with Crippen molar-refractivity contribution in [3.63, 3.8) is 0 Å². The van der Waals surface area contributed by atoms with Crippen LogP contribution in [0.1, 0.15) is 16.8 Å². The number of anilines is 3. The van der Waals surface area contributed by atoms with Crippen molar-refractivity contribution >= 4 is 17.1 Å². The Labute approximate surface area is 114 Å². The highest BCUT2D eigenvalue weighted by molar-refractivity contribution is 5.73. The zero-order chi connectivity index (χ0) is 14.9.